The first kappa shape index (κ1) is 25.9. The molecule has 2 amide bonds. The molecule has 4 rings (SSSR count). The summed E-state index contributed by atoms with van der Waals surface area (Å²) in [6.45, 7) is 4.08. The van der Waals surface area contributed by atoms with E-state index in [0.717, 1.165) is 28.9 Å². The minimum absolute atomic E-state index is 0.0494. The third-order valence-electron chi connectivity index (χ3n) is 6.56. The van der Waals surface area contributed by atoms with Crippen LogP contribution in [0.2, 0.25) is 0 Å². The Morgan fingerprint density at radius 1 is 1.08 bits per heavy atom. The number of amides is 2. The molecule has 2 heterocycles. The molecule has 1 unspecified atom stereocenters. The molecule has 0 bridgehead atoms. The summed E-state index contributed by atoms with van der Waals surface area (Å²) < 4.78 is 11.4. The number of aryl methyl sites for hydroxylation is 1. The lowest BCUT2D eigenvalue weighted by Gasteiger charge is -2.37. The normalized spacial score (nSPS) is 14.8. The number of methoxy groups -OCH3 is 1. The molecule has 2 aromatic carbocycles. The maximum absolute atomic E-state index is 13.7. The number of rotatable bonds is 11. The third-order valence-corrected chi connectivity index (χ3v) is 7.56. The molecule has 6 nitrogen and oxygen atoms in total. The van der Waals surface area contributed by atoms with E-state index in [0.29, 0.717) is 32.7 Å². The second kappa shape index (κ2) is 12.7. The van der Waals surface area contributed by atoms with Gasteiger partial charge in [-0.05, 0) is 54.0 Å². The smallest absolute Gasteiger partial charge is 0.242 e. The van der Waals surface area contributed by atoms with Crippen molar-refractivity contribution in [2.45, 2.75) is 32.2 Å². The standard InChI is InChI=1S/C29H34N2O4S/c1-22-9-6-7-12-26(22)35-21-25-24-14-18-36-27(24)13-16-31(25)29(33)20-30(15-8-17-34-2)28(32)19-23-10-4-3-5-11-23/h3-7,9-12,14,18,25H,8,13,15-17,19-21H2,1-2H3. The van der Waals surface area contributed by atoms with Gasteiger partial charge in [0.2, 0.25) is 11.8 Å². The molecule has 0 fully saturated rings. The molecule has 190 valence electrons. The topological polar surface area (TPSA) is 59.1 Å². The number of nitrogens with zero attached hydrogens (tertiary/aromatic N) is 2. The van der Waals surface area contributed by atoms with Crippen LogP contribution in [-0.4, -0.2) is 61.6 Å². The van der Waals surface area contributed by atoms with E-state index in [1.54, 1.807) is 23.3 Å². The number of benzene rings is 2. The van der Waals surface area contributed by atoms with Gasteiger partial charge in [-0.15, -0.1) is 11.3 Å². The van der Waals surface area contributed by atoms with E-state index in [4.69, 9.17) is 9.47 Å². The fraction of sp³-hybridized carbons (Fsp3) is 0.379. The fourth-order valence-corrected chi connectivity index (χ4v) is 5.52. The van der Waals surface area contributed by atoms with Crippen LogP contribution in [0.15, 0.2) is 66.0 Å². The molecule has 7 heteroatoms. The number of carbonyl (C=O) groups is 2. The van der Waals surface area contributed by atoms with Crippen molar-refractivity contribution in [3.63, 3.8) is 0 Å². The Morgan fingerprint density at radius 2 is 1.86 bits per heavy atom. The highest BCUT2D eigenvalue weighted by Gasteiger charge is 2.33. The van der Waals surface area contributed by atoms with Crippen LogP contribution >= 0.6 is 11.3 Å². The van der Waals surface area contributed by atoms with Crippen LogP contribution < -0.4 is 4.74 Å². The van der Waals surface area contributed by atoms with Gasteiger partial charge in [0.05, 0.1) is 19.0 Å². The lowest BCUT2D eigenvalue weighted by Crippen LogP contribution is -2.48. The van der Waals surface area contributed by atoms with Crippen LogP contribution in [0.5, 0.6) is 5.75 Å². The lowest BCUT2D eigenvalue weighted by atomic mass is 10.00. The summed E-state index contributed by atoms with van der Waals surface area (Å²) in [4.78, 5) is 31.7. The number of para-hydroxylation sites is 1. The van der Waals surface area contributed by atoms with Gasteiger partial charge in [-0.1, -0.05) is 48.5 Å². The van der Waals surface area contributed by atoms with Crippen LogP contribution in [0.1, 0.15) is 34.0 Å². The Kier molecular flexibility index (Phi) is 9.14. The molecule has 0 spiro atoms. The summed E-state index contributed by atoms with van der Waals surface area (Å²) in [6, 6.07) is 19.5. The van der Waals surface area contributed by atoms with Crippen LogP contribution in [0.3, 0.4) is 0 Å². The fourth-order valence-electron chi connectivity index (χ4n) is 4.59. The van der Waals surface area contributed by atoms with Gasteiger partial charge >= 0.3 is 0 Å². The van der Waals surface area contributed by atoms with Crippen molar-refractivity contribution in [3.05, 3.63) is 87.6 Å². The second-order valence-electron chi connectivity index (χ2n) is 9.05. The van der Waals surface area contributed by atoms with Gasteiger partial charge in [0.25, 0.3) is 0 Å². The number of hydrogen-bond acceptors (Lipinski definition) is 5. The largest absolute Gasteiger partial charge is 0.491 e. The second-order valence-corrected chi connectivity index (χ2v) is 10.1. The summed E-state index contributed by atoms with van der Waals surface area (Å²) >= 11 is 1.73. The molecular weight excluding hydrogens is 472 g/mol. The Balaban J connectivity index is 1.49. The van der Waals surface area contributed by atoms with Gasteiger partial charge in [-0.3, -0.25) is 9.59 Å². The van der Waals surface area contributed by atoms with Gasteiger partial charge in [0.1, 0.15) is 12.4 Å². The molecule has 1 aliphatic rings. The molecule has 0 aliphatic carbocycles. The van der Waals surface area contributed by atoms with Crippen molar-refractivity contribution in [3.8, 4) is 5.75 Å². The SMILES string of the molecule is COCCCN(CC(=O)N1CCc2sccc2C1COc1ccccc1C)C(=O)Cc1ccccc1. The zero-order valence-electron chi connectivity index (χ0n) is 21.0. The highest BCUT2D eigenvalue weighted by Crippen LogP contribution is 2.34. The van der Waals surface area contributed by atoms with Crippen molar-refractivity contribution in [1.82, 2.24) is 9.80 Å². The van der Waals surface area contributed by atoms with Crippen LogP contribution in [-0.2, 0) is 27.2 Å². The molecule has 3 aromatic rings. The maximum atomic E-state index is 13.7. The highest BCUT2D eigenvalue weighted by molar-refractivity contribution is 7.10. The Hall–Kier alpha value is -3.16. The summed E-state index contributed by atoms with van der Waals surface area (Å²) in [5.41, 5.74) is 3.15. The van der Waals surface area contributed by atoms with E-state index < -0.39 is 0 Å². The molecule has 1 aromatic heterocycles. The molecule has 0 radical (unpaired) electrons. The monoisotopic (exact) mass is 506 g/mol. The molecule has 1 atom stereocenters. The summed E-state index contributed by atoms with van der Waals surface area (Å²) in [6.07, 6.45) is 1.77. The molecule has 0 N–H and O–H groups in total. The van der Waals surface area contributed by atoms with Gasteiger partial charge in [-0.2, -0.15) is 0 Å². The summed E-state index contributed by atoms with van der Waals surface area (Å²) in [7, 11) is 1.65. The Labute approximate surface area is 217 Å². The molecule has 0 saturated carbocycles. The van der Waals surface area contributed by atoms with E-state index in [1.165, 1.54) is 4.88 Å². The van der Waals surface area contributed by atoms with Crippen molar-refractivity contribution in [2.75, 3.05) is 40.0 Å². The Morgan fingerprint density at radius 3 is 2.64 bits per heavy atom. The van der Waals surface area contributed by atoms with E-state index in [9.17, 15) is 9.59 Å². The van der Waals surface area contributed by atoms with E-state index in [2.05, 4.69) is 11.4 Å². The average molecular weight is 507 g/mol. The van der Waals surface area contributed by atoms with Crippen molar-refractivity contribution >= 4 is 23.2 Å². The van der Waals surface area contributed by atoms with Gasteiger partial charge in [-0.25, -0.2) is 0 Å². The lowest BCUT2D eigenvalue weighted by molar-refractivity contribution is -0.142. The molecule has 1 aliphatic heterocycles. The minimum Gasteiger partial charge on any atom is -0.491 e. The summed E-state index contributed by atoms with van der Waals surface area (Å²) in [5, 5.41) is 2.08. The summed E-state index contributed by atoms with van der Waals surface area (Å²) in [5.74, 6) is 0.724. The maximum Gasteiger partial charge on any atom is 0.242 e. The number of thiophene rings is 1. The zero-order valence-corrected chi connectivity index (χ0v) is 21.8. The van der Waals surface area contributed by atoms with Crippen molar-refractivity contribution in [2.24, 2.45) is 0 Å². The van der Waals surface area contributed by atoms with Crippen LogP contribution in [0, 0.1) is 6.92 Å². The first-order valence-electron chi connectivity index (χ1n) is 12.4. The molecule has 0 saturated heterocycles. The number of ether oxygens (including phenoxy) is 2. The first-order chi connectivity index (χ1) is 17.6. The van der Waals surface area contributed by atoms with Gasteiger partial charge < -0.3 is 19.3 Å². The third kappa shape index (κ3) is 6.53. The van der Waals surface area contributed by atoms with E-state index in [-0.39, 0.29) is 30.8 Å². The predicted molar refractivity (Wildman–Crippen MR) is 142 cm³/mol. The number of carbonyl (C=O) groups excluding carboxylic acids is 2. The number of hydrogen-bond donors (Lipinski definition) is 0. The minimum atomic E-state index is -0.183. The van der Waals surface area contributed by atoms with Gasteiger partial charge in [0, 0.05) is 31.7 Å². The first-order valence-corrected chi connectivity index (χ1v) is 13.3. The number of fused-ring (bicyclic) bond motifs is 1. The van der Waals surface area contributed by atoms with Gasteiger partial charge in [0.15, 0.2) is 0 Å². The van der Waals surface area contributed by atoms with Crippen molar-refractivity contribution < 1.29 is 19.1 Å². The zero-order chi connectivity index (χ0) is 25.3. The van der Waals surface area contributed by atoms with E-state index in [1.807, 2.05) is 66.4 Å². The predicted octanol–water partition coefficient (Wildman–Crippen LogP) is 4.67. The average Bonchev–Trinajstić information content (AvgIpc) is 3.37. The molecule has 36 heavy (non-hydrogen) atoms. The Bertz CT molecular complexity index is 1150. The molecular formula is C29H34N2O4S. The van der Waals surface area contributed by atoms with E-state index >= 15 is 0 Å². The van der Waals surface area contributed by atoms with Crippen molar-refractivity contribution in [1.29, 1.82) is 0 Å². The van der Waals surface area contributed by atoms with Crippen LogP contribution in [0.25, 0.3) is 0 Å². The quantitative estimate of drug-likeness (QED) is 0.355. The van der Waals surface area contributed by atoms with Crippen LogP contribution in [0.4, 0.5) is 0 Å². The highest BCUT2D eigenvalue weighted by atomic mass is 32.1.